The number of ether oxygens (including phenoxy) is 3. The van der Waals surface area contributed by atoms with E-state index in [1.807, 2.05) is 0 Å². The van der Waals surface area contributed by atoms with E-state index < -0.39 is 10.0 Å². The van der Waals surface area contributed by atoms with Crippen molar-refractivity contribution in [3.8, 4) is 17.2 Å². The Labute approximate surface area is 199 Å². The van der Waals surface area contributed by atoms with E-state index in [4.69, 9.17) is 26.4 Å². The second-order valence-corrected chi connectivity index (χ2v) is 9.62. The van der Waals surface area contributed by atoms with Crippen molar-refractivity contribution in [2.45, 2.75) is 24.2 Å². The minimum atomic E-state index is -3.46. The van der Waals surface area contributed by atoms with E-state index in [1.54, 1.807) is 61.1 Å². The molecule has 0 radical (unpaired) electrons. The van der Waals surface area contributed by atoms with E-state index in [2.05, 4.69) is 15.8 Å². The number of piperidine rings is 1. The second-order valence-electron chi connectivity index (χ2n) is 7.27. The summed E-state index contributed by atoms with van der Waals surface area (Å²) in [4.78, 5) is 0.272. The largest absolute Gasteiger partial charge is 0.493 e. The van der Waals surface area contributed by atoms with E-state index in [9.17, 15) is 8.42 Å². The monoisotopic (exact) mass is 492 g/mol. The van der Waals surface area contributed by atoms with Gasteiger partial charge in [0.15, 0.2) is 16.6 Å². The van der Waals surface area contributed by atoms with Gasteiger partial charge in [-0.25, -0.2) is 8.42 Å². The van der Waals surface area contributed by atoms with Crippen LogP contribution in [0.2, 0.25) is 0 Å². The fourth-order valence-corrected chi connectivity index (χ4v) is 5.15. The van der Waals surface area contributed by atoms with Crippen LogP contribution < -0.4 is 25.0 Å². The molecular formula is C22H28N4O5S2. The lowest BCUT2D eigenvalue weighted by Gasteiger charge is -2.25. The number of nitrogens with zero attached hydrogens (tertiary/aromatic N) is 2. The molecule has 11 heteroatoms. The quantitative estimate of drug-likeness (QED) is 0.329. The van der Waals surface area contributed by atoms with Gasteiger partial charge in [0.2, 0.25) is 15.8 Å². The zero-order chi connectivity index (χ0) is 23.8. The van der Waals surface area contributed by atoms with Crippen LogP contribution >= 0.6 is 12.2 Å². The Bertz CT molecular complexity index is 1070. The van der Waals surface area contributed by atoms with E-state index in [0.717, 1.165) is 19.3 Å². The number of sulfonamides is 1. The summed E-state index contributed by atoms with van der Waals surface area (Å²) in [5.74, 6) is 1.52. The summed E-state index contributed by atoms with van der Waals surface area (Å²) in [6.07, 6.45) is 4.43. The molecule has 178 valence electrons. The van der Waals surface area contributed by atoms with Crippen molar-refractivity contribution in [2.75, 3.05) is 39.7 Å². The van der Waals surface area contributed by atoms with E-state index >= 15 is 0 Å². The Balaban J connectivity index is 1.60. The molecule has 0 aliphatic carbocycles. The molecule has 0 aromatic heterocycles. The number of benzene rings is 2. The Hall–Kier alpha value is -2.89. The summed E-state index contributed by atoms with van der Waals surface area (Å²) in [6, 6.07) is 10.0. The maximum absolute atomic E-state index is 12.8. The van der Waals surface area contributed by atoms with Gasteiger partial charge in [-0.1, -0.05) is 6.42 Å². The van der Waals surface area contributed by atoms with Crippen molar-refractivity contribution in [1.29, 1.82) is 0 Å². The molecule has 1 aliphatic heterocycles. The summed E-state index contributed by atoms with van der Waals surface area (Å²) < 4.78 is 43.0. The molecule has 2 aromatic rings. The number of anilines is 1. The first-order valence-electron chi connectivity index (χ1n) is 10.4. The fraction of sp³-hybridized carbons (Fsp3) is 0.364. The molecule has 33 heavy (non-hydrogen) atoms. The van der Waals surface area contributed by atoms with Crippen LogP contribution in [0.15, 0.2) is 46.4 Å². The summed E-state index contributed by atoms with van der Waals surface area (Å²) in [5, 5.41) is 7.36. The standard InChI is InChI=1S/C22H28N4O5S2/c1-29-19-13-16(14-20(30-2)21(19)31-3)15-23-25-22(32)24-17-7-9-18(10-8-17)33(27,28)26-11-5-4-6-12-26/h7-10,13-15H,4-6,11-12H2,1-3H3,(H2,24,25,32)/b23-15-. The van der Waals surface area contributed by atoms with Crippen LogP contribution in [0.4, 0.5) is 5.69 Å². The van der Waals surface area contributed by atoms with Gasteiger partial charge in [-0.05, 0) is 61.5 Å². The van der Waals surface area contributed by atoms with E-state index in [1.165, 1.54) is 7.11 Å². The van der Waals surface area contributed by atoms with Gasteiger partial charge in [0.1, 0.15) is 0 Å². The number of rotatable bonds is 8. The molecule has 1 aliphatic rings. The maximum Gasteiger partial charge on any atom is 0.243 e. The average molecular weight is 493 g/mol. The lowest BCUT2D eigenvalue weighted by molar-refractivity contribution is 0.324. The zero-order valence-corrected chi connectivity index (χ0v) is 20.5. The molecule has 0 atom stereocenters. The first-order chi connectivity index (χ1) is 15.9. The van der Waals surface area contributed by atoms with E-state index in [-0.39, 0.29) is 10.0 Å². The number of hydrogen-bond donors (Lipinski definition) is 2. The molecule has 1 saturated heterocycles. The summed E-state index contributed by atoms with van der Waals surface area (Å²) in [7, 11) is 1.15. The minimum absolute atomic E-state index is 0.255. The van der Waals surface area contributed by atoms with Crippen molar-refractivity contribution >= 4 is 39.3 Å². The van der Waals surface area contributed by atoms with Crippen molar-refractivity contribution in [1.82, 2.24) is 9.73 Å². The van der Waals surface area contributed by atoms with Gasteiger partial charge in [-0.15, -0.1) is 0 Å². The lowest BCUT2D eigenvalue weighted by atomic mass is 10.2. The van der Waals surface area contributed by atoms with Crippen LogP contribution in [0, 0.1) is 0 Å². The first-order valence-corrected chi connectivity index (χ1v) is 12.2. The molecule has 0 bridgehead atoms. The SMILES string of the molecule is COc1cc(/C=N\NC(=S)Nc2ccc(S(=O)(=O)N3CCCCC3)cc2)cc(OC)c1OC. The smallest absolute Gasteiger partial charge is 0.243 e. The van der Waals surface area contributed by atoms with Crippen LogP contribution in [0.3, 0.4) is 0 Å². The number of hydrogen-bond acceptors (Lipinski definition) is 7. The maximum atomic E-state index is 12.8. The highest BCUT2D eigenvalue weighted by Gasteiger charge is 2.25. The second kappa shape index (κ2) is 11.3. The predicted molar refractivity (Wildman–Crippen MR) is 132 cm³/mol. The third-order valence-corrected chi connectivity index (χ3v) is 7.24. The number of thiocarbonyl (C=S) groups is 1. The lowest BCUT2D eigenvalue weighted by Crippen LogP contribution is -2.35. The van der Waals surface area contributed by atoms with Gasteiger partial charge in [0.05, 0.1) is 32.4 Å². The molecule has 0 unspecified atom stereocenters. The Morgan fingerprint density at radius 2 is 1.61 bits per heavy atom. The normalized spacial score (nSPS) is 14.6. The Morgan fingerprint density at radius 1 is 1.00 bits per heavy atom. The topological polar surface area (TPSA) is 101 Å². The summed E-state index contributed by atoms with van der Waals surface area (Å²) in [6.45, 7) is 1.14. The first kappa shape index (κ1) is 24.7. The minimum Gasteiger partial charge on any atom is -0.493 e. The third kappa shape index (κ3) is 6.12. The van der Waals surface area contributed by atoms with Crippen molar-refractivity contribution in [3.05, 3.63) is 42.0 Å². The van der Waals surface area contributed by atoms with Gasteiger partial charge in [0.25, 0.3) is 0 Å². The van der Waals surface area contributed by atoms with Crippen LogP contribution in [0.1, 0.15) is 24.8 Å². The number of nitrogens with one attached hydrogen (secondary N) is 2. The summed E-state index contributed by atoms with van der Waals surface area (Å²) in [5.41, 5.74) is 4.09. The average Bonchev–Trinajstić information content (AvgIpc) is 2.84. The molecule has 3 rings (SSSR count). The van der Waals surface area contributed by atoms with Crippen molar-refractivity contribution < 1.29 is 22.6 Å². The predicted octanol–water partition coefficient (Wildman–Crippen LogP) is 3.21. The molecule has 0 amide bonds. The molecule has 0 saturated carbocycles. The van der Waals surface area contributed by atoms with Gasteiger partial charge in [-0.2, -0.15) is 9.41 Å². The molecule has 0 spiro atoms. The summed E-state index contributed by atoms with van der Waals surface area (Å²) >= 11 is 5.27. The van der Waals surface area contributed by atoms with Crippen LogP contribution in [-0.2, 0) is 10.0 Å². The highest BCUT2D eigenvalue weighted by Crippen LogP contribution is 2.37. The molecule has 2 N–H and O–H groups in total. The molecule has 1 fully saturated rings. The highest BCUT2D eigenvalue weighted by atomic mass is 32.2. The van der Waals surface area contributed by atoms with Gasteiger partial charge in [-0.3, -0.25) is 5.43 Å². The fourth-order valence-electron chi connectivity index (χ4n) is 3.46. The third-order valence-electron chi connectivity index (χ3n) is 5.13. The Morgan fingerprint density at radius 3 is 2.15 bits per heavy atom. The van der Waals surface area contributed by atoms with Crippen LogP contribution in [-0.4, -0.2) is 58.5 Å². The zero-order valence-electron chi connectivity index (χ0n) is 18.8. The van der Waals surface area contributed by atoms with Gasteiger partial charge in [0, 0.05) is 24.3 Å². The van der Waals surface area contributed by atoms with Crippen LogP contribution in [0.25, 0.3) is 0 Å². The number of methoxy groups -OCH3 is 3. The molecule has 1 heterocycles. The van der Waals surface area contributed by atoms with Gasteiger partial charge >= 0.3 is 0 Å². The van der Waals surface area contributed by atoms with Crippen molar-refractivity contribution in [2.24, 2.45) is 5.10 Å². The van der Waals surface area contributed by atoms with E-state index in [0.29, 0.717) is 41.6 Å². The van der Waals surface area contributed by atoms with Crippen LogP contribution in [0.5, 0.6) is 17.2 Å². The highest BCUT2D eigenvalue weighted by molar-refractivity contribution is 7.89. The Kier molecular flexibility index (Phi) is 8.48. The van der Waals surface area contributed by atoms with Crippen molar-refractivity contribution in [3.63, 3.8) is 0 Å². The van der Waals surface area contributed by atoms with Gasteiger partial charge < -0.3 is 19.5 Å². The molecule has 2 aromatic carbocycles. The molecule has 9 nitrogen and oxygen atoms in total. The molecular weight excluding hydrogens is 464 g/mol. The number of hydrazone groups is 1.